The van der Waals surface area contributed by atoms with Gasteiger partial charge in [0.1, 0.15) is 11.3 Å². The fourth-order valence-corrected chi connectivity index (χ4v) is 5.35. The molecule has 3 aromatic carbocycles. The number of aryl methyl sites for hydroxylation is 2. The van der Waals surface area contributed by atoms with Crippen LogP contribution in [-0.2, 0) is 22.9 Å². The van der Waals surface area contributed by atoms with Crippen molar-refractivity contribution >= 4 is 37.5 Å². The maximum absolute atomic E-state index is 13.0. The molecule has 1 aliphatic carbocycles. The summed E-state index contributed by atoms with van der Waals surface area (Å²) in [6, 6.07) is 16.7. The molecule has 0 fully saturated rings. The monoisotopic (exact) mass is 405 g/mol. The average molecular weight is 406 g/mol. The van der Waals surface area contributed by atoms with Crippen LogP contribution in [0.1, 0.15) is 30.2 Å². The molecule has 0 aliphatic heterocycles. The second kappa shape index (κ2) is 6.63. The molecule has 0 saturated heterocycles. The quantitative estimate of drug-likeness (QED) is 0.467. The van der Waals surface area contributed by atoms with E-state index in [0.29, 0.717) is 11.6 Å². The number of nitrogens with one attached hydrogen (secondary N) is 1. The lowest BCUT2D eigenvalue weighted by molar-refractivity contribution is 0.439. The first-order valence-corrected chi connectivity index (χ1v) is 11.5. The summed E-state index contributed by atoms with van der Waals surface area (Å²) < 4.78 is 35.2. The van der Waals surface area contributed by atoms with Gasteiger partial charge in [0.05, 0.1) is 10.6 Å². The molecule has 1 heterocycles. The van der Waals surface area contributed by atoms with Gasteiger partial charge in [-0.05, 0) is 43.9 Å². The third kappa shape index (κ3) is 3.10. The van der Waals surface area contributed by atoms with Crippen molar-refractivity contribution in [3.63, 3.8) is 0 Å². The molecule has 29 heavy (non-hydrogen) atoms. The van der Waals surface area contributed by atoms with Crippen LogP contribution in [0.5, 0.6) is 0 Å². The summed E-state index contributed by atoms with van der Waals surface area (Å²) in [5.74, 6) is 1.64. The summed E-state index contributed by atoms with van der Waals surface area (Å²) in [5.41, 5.74) is 3.70. The maximum atomic E-state index is 13.0. The van der Waals surface area contributed by atoms with E-state index in [2.05, 4.69) is 11.6 Å². The van der Waals surface area contributed by atoms with Crippen molar-refractivity contribution in [1.29, 1.82) is 0 Å². The van der Waals surface area contributed by atoms with Crippen LogP contribution in [0.3, 0.4) is 0 Å². The minimum absolute atomic E-state index is 0.259. The van der Waals surface area contributed by atoms with Crippen LogP contribution < -0.4 is 4.72 Å². The highest BCUT2D eigenvalue weighted by molar-refractivity contribution is 7.92. The van der Waals surface area contributed by atoms with E-state index in [4.69, 9.17) is 4.42 Å². The van der Waals surface area contributed by atoms with Gasteiger partial charge in [-0.25, -0.2) is 8.42 Å². The number of sulfonamides is 1. The van der Waals surface area contributed by atoms with Crippen molar-refractivity contribution < 1.29 is 12.8 Å². The molecule has 1 unspecified atom stereocenters. The third-order valence-corrected chi connectivity index (χ3v) is 7.26. The Morgan fingerprint density at radius 1 is 1.00 bits per heavy atom. The van der Waals surface area contributed by atoms with Crippen molar-refractivity contribution in [3.8, 4) is 0 Å². The highest BCUT2D eigenvalue weighted by Gasteiger charge is 2.25. The van der Waals surface area contributed by atoms with E-state index in [0.717, 1.165) is 52.3 Å². The third-order valence-electron chi connectivity index (χ3n) is 5.87. The zero-order chi connectivity index (χ0) is 20.2. The van der Waals surface area contributed by atoms with Crippen molar-refractivity contribution in [2.75, 3.05) is 4.72 Å². The molecular weight excluding hydrogens is 382 g/mol. The lowest BCUT2D eigenvalue weighted by Gasteiger charge is -2.17. The van der Waals surface area contributed by atoms with Gasteiger partial charge < -0.3 is 4.42 Å². The molecule has 1 atom stereocenters. The fourth-order valence-electron chi connectivity index (χ4n) is 4.28. The molecule has 5 rings (SSSR count). The summed E-state index contributed by atoms with van der Waals surface area (Å²) in [5, 5.41) is 2.80. The van der Waals surface area contributed by atoms with Gasteiger partial charge in [0.25, 0.3) is 10.0 Å². The van der Waals surface area contributed by atoms with Crippen LogP contribution in [0.15, 0.2) is 63.9 Å². The molecule has 4 aromatic rings. The van der Waals surface area contributed by atoms with E-state index in [1.807, 2.05) is 49.4 Å². The van der Waals surface area contributed by atoms with Crippen molar-refractivity contribution in [2.45, 2.75) is 38.0 Å². The van der Waals surface area contributed by atoms with Gasteiger partial charge in [0.2, 0.25) is 0 Å². The number of fused-ring (bicyclic) bond motifs is 5. The predicted molar refractivity (Wildman–Crippen MR) is 117 cm³/mol. The maximum Gasteiger partial charge on any atom is 0.261 e. The Bertz CT molecular complexity index is 1330. The lowest BCUT2D eigenvalue weighted by atomic mass is 9.87. The van der Waals surface area contributed by atoms with Gasteiger partial charge in [0, 0.05) is 28.1 Å². The number of furan rings is 1. The summed E-state index contributed by atoms with van der Waals surface area (Å²) in [6.07, 6.45) is 3.02. The molecule has 148 valence electrons. The summed E-state index contributed by atoms with van der Waals surface area (Å²) >= 11 is 0. The number of anilines is 1. The van der Waals surface area contributed by atoms with Gasteiger partial charge in [-0.3, -0.25) is 4.72 Å². The molecule has 0 spiro atoms. The summed E-state index contributed by atoms with van der Waals surface area (Å²) in [4.78, 5) is 0.259. The summed E-state index contributed by atoms with van der Waals surface area (Å²) in [6.45, 7) is 4.19. The molecule has 1 aromatic heterocycles. The molecular formula is C24H23NO3S. The van der Waals surface area contributed by atoms with Crippen molar-refractivity contribution in [3.05, 3.63) is 71.5 Å². The number of hydrogen-bond acceptors (Lipinski definition) is 3. The Morgan fingerprint density at radius 2 is 1.72 bits per heavy atom. The van der Waals surface area contributed by atoms with Gasteiger partial charge in [-0.1, -0.05) is 48.9 Å². The second-order valence-corrected chi connectivity index (χ2v) is 9.80. The zero-order valence-electron chi connectivity index (χ0n) is 16.5. The normalized spacial score (nSPS) is 16.8. The van der Waals surface area contributed by atoms with E-state index >= 15 is 0 Å². The van der Waals surface area contributed by atoms with Gasteiger partial charge in [-0.15, -0.1) is 0 Å². The average Bonchev–Trinajstić information content (AvgIpc) is 3.06. The van der Waals surface area contributed by atoms with Crippen LogP contribution in [-0.4, -0.2) is 8.42 Å². The number of rotatable bonds is 3. The number of benzene rings is 3. The van der Waals surface area contributed by atoms with Gasteiger partial charge in [-0.2, -0.15) is 0 Å². The van der Waals surface area contributed by atoms with Crippen molar-refractivity contribution in [1.82, 2.24) is 0 Å². The van der Waals surface area contributed by atoms with Crippen LogP contribution in [0.25, 0.3) is 21.7 Å². The minimum Gasteiger partial charge on any atom is -0.460 e. The second-order valence-electron chi connectivity index (χ2n) is 8.12. The Morgan fingerprint density at radius 3 is 2.48 bits per heavy atom. The van der Waals surface area contributed by atoms with E-state index in [1.165, 1.54) is 5.56 Å². The van der Waals surface area contributed by atoms with Crippen LogP contribution in [0, 0.1) is 12.8 Å². The van der Waals surface area contributed by atoms with E-state index in [9.17, 15) is 8.42 Å². The van der Waals surface area contributed by atoms with Gasteiger partial charge in [0.15, 0.2) is 0 Å². The Hall–Kier alpha value is -2.79. The molecule has 0 radical (unpaired) electrons. The fraction of sp³-hybridized carbons (Fsp3) is 0.250. The van der Waals surface area contributed by atoms with Crippen LogP contribution >= 0.6 is 0 Å². The largest absolute Gasteiger partial charge is 0.460 e. The molecule has 5 heteroatoms. The Balaban J connectivity index is 1.70. The standard InChI is InChI=1S/C24H23NO3S/c1-15-7-10-17(11-8-15)29(26,27)25-22-14-21-20-13-16(2)9-12-23(20)28-24(21)19-6-4-3-5-18(19)22/h3-8,10-11,14,16,25H,9,12-13H2,1-2H3. The molecule has 1 aliphatic rings. The lowest BCUT2D eigenvalue weighted by Crippen LogP contribution is -2.13. The summed E-state index contributed by atoms with van der Waals surface area (Å²) in [7, 11) is -3.69. The Kier molecular flexibility index (Phi) is 4.17. The van der Waals surface area contributed by atoms with Gasteiger partial charge >= 0.3 is 0 Å². The first-order valence-electron chi connectivity index (χ1n) is 9.98. The van der Waals surface area contributed by atoms with Crippen molar-refractivity contribution in [2.24, 2.45) is 5.92 Å². The SMILES string of the molecule is Cc1ccc(S(=O)(=O)Nc2cc3c4c(oc3c3ccccc23)CCC(C)C4)cc1. The highest BCUT2D eigenvalue weighted by atomic mass is 32.2. The van der Waals surface area contributed by atoms with Crippen LogP contribution in [0.4, 0.5) is 5.69 Å². The smallest absolute Gasteiger partial charge is 0.261 e. The highest BCUT2D eigenvalue weighted by Crippen LogP contribution is 2.40. The predicted octanol–water partition coefficient (Wildman–Crippen LogP) is 5.82. The topological polar surface area (TPSA) is 59.3 Å². The molecule has 0 saturated carbocycles. The zero-order valence-corrected chi connectivity index (χ0v) is 17.3. The first-order chi connectivity index (χ1) is 13.9. The molecule has 0 bridgehead atoms. The van der Waals surface area contributed by atoms with Crippen LogP contribution in [0.2, 0.25) is 0 Å². The first kappa shape index (κ1) is 18.3. The molecule has 1 N–H and O–H groups in total. The number of hydrogen-bond donors (Lipinski definition) is 1. The van der Waals surface area contributed by atoms with E-state index < -0.39 is 10.0 Å². The molecule has 0 amide bonds. The van der Waals surface area contributed by atoms with E-state index in [1.54, 1.807) is 12.1 Å². The molecule has 4 nitrogen and oxygen atoms in total. The Labute approximate surface area is 170 Å². The van der Waals surface area contributed by atoms with E-state index in [-0.39, 0.29) is 4.90 Å². The minimum atomic E-state index is -3.69.